The van der Waals surface area contributed by atoms with Crippen LogP contribution in [0.5, 0.6) is 0 Å². The third kappa shape index (κ3) is 66.8. The van der Waals surface area contributed by atoms with Gasteiger partial charge < -0.3 is 14.2 Å². The maximum Gasteiger partial charge on any atom is 0.306 e. The van der Waals surface area contributed by atoms with Gasteiger partial charge in [0.05, 0.1) is 0 Å². The van der Waals surface area contributed by atoms with Crippen LogP contribution in [-0.4, -0.2) is 37.2 Å². The van der Waals surface area contributed by atoms with Gasteiger partial charge in [0, 0.05) is 19.3 Å². The zero-order valence-electron chi connectivity index (χ0n) is 53.3. The average Bonchev–Trinajstić information content (AvgIpc) is 3.47. The van der Waals surface area contributed by atoms with Gasteiger partial charge in [0.1, 0.15) is 13.2 Å². The number of hydrogen-bond acceptors (Lipinski definition) is 6. The summed E-state index contributed by atoms with van der Waals surface area (Å²) in [4.78, 5) is 38.4. The van der Waals surface area contributed by atoms with E-state index in [2.05, 4.69) is 130 Å². The van der Waals surface area contributed by atoms with Crippen LogP contribution in [0.4, 0.5) is 0 Å². The molecule has 0 saturated heterocycles. The van der Waals surface area contributed by atoms with Crippen molar-refractivity contribution >= 4 is 17.9 Å². The second-order valence-electron chi connectivity index (χ2n) is 22.7. The molecule has 6 heteroatoms. The second kappa shape index (κ2) is 68.6. The second-order valence-corrected chi connectivity index (χ2v) is 22.7. The van der Waals surface area contributed by atoms with Crippen LogP contribution in [0.2, 0.25) is 0 Å². The first-order valence-electron chi connectivity index (χ1n) is 34.4. The van der Waals surface area contributed by atoms with E-state index >= 15 is 0 Å². The smallest absolute Gasteiger partial charge is 0.306 e. The molecule has 0 amide bonds. The van der Waals surface area contributed by atoms with Crippen molar-refractivity contribution in [3.05, 3.63) is 109 Å². The minimum Gasteiger partial charge on any atom is -0.462 e. The SMILES string of the molecule is CC/C=C\C/C=C\C/C=C\C/C=C\C/C=C\C/C=C\CCCCC(=O)OC(COC(=O)CCCCCCCCCCC/C=C\C/C=C\CCCCC)COC(=O)CCCCCCCCCCCCC/C=C\CCCCCCCCCC. The van der Waals surface area contributed by atoms with Crippen LogP contribution in [0.3, 0.4) is 0 Å². The van der Waals surface area contributed by atoms with Crippen molar-refractivity contribution in [3.63, 3.8) is 0 Å². The molecule has 0 spiro atoms. The molecule has 1 unspecified atom stereocenters. The molecule has 0 aliphatic heterocycles. The summed E-state index contributed by atoms with van der Waals surface area (Å²) in [7, 11) is 0. The van der Waals surface area contributed by atoms with Crippen molar-refractivity contribution in [2.45, 2.75) is 335 Å². The van der Waals surface area contributed by atoms with Gasteiger partial charge in [-0.25, -0.2) is 0 Å². The Balaban J connectivity index is 4.45. The fraction of sp³-hybridized carbons (Fsp3) is 0.720. The highest BCUT2D eigenvalue weighted by atomic mass is 16.6. The summed E-state index contributed by atoms with van der Waals surface area (Å²) in [5, 5.41) is 0. The molecule has 1 atom stereocenters. The Bertz CT molecular complexity index is 1620. The molecule has 81 heavy (non-hydrogen) atoms. The van der Waals surface area contributed by atoms with Gasteiger partial charge in [-0.05, 0) is 128 Å². The first-order chi connectivity index (χ1) is 40.0. The lowest BCUT2D eigenvalue weighted by Crippen LogP contribution is -2.30. The quantitative estimate of drug-likeness (QED) is 0.0261. The van der Waals surface area contributed by atoms with Crippen LogP contribution in [0.1, 0.15) is 329 Å². The van der Waals surface area contributed by atoms with Gasteiger partial charge in [-0.2, -0.15) is 0 Å². The molecule has 0 rings (SSSR count). The molecular formula is C75H128O6. The highest BCUT2D eigenvalue weighted by Gasteiger charge is 2.19. The lowest BCUT2D eigenvalue weighted by atomic mass is 10.0. The van der Waals surface area contributed by atoms with Crippen LogP contribution in [0, 0.1) is 0 Å². The molecule has 0 fully saturated rings. The lowest BCUT2D eigenvalue weighted by Gasteiger charge is -2.18. The zero-order valence-corrected chi connectivity index (χ0v) is 53.3. The lowest BCUT2D eigenvalue weighted by molar-refractivity contribution is -0.167. The number of hydrogen-bond donors (Lipinski definition) is 0. The highest BCUT2D eigenvalue weighted by molar-refractivity contribution is 5.71. The Morgan fingerprint density at radius 3 is 0.815 bits per heavy atom. The minimum atomic E-state index is -0.807. The van der Waals surface area contributed by atoms with E-state index in [-0.39, 0.29) is 37.5 Å². The Morgan fingerprint density at radius 1 is 0.259 bits per heavy atom. The predicted molar refractivity (Wildman–Crippen MR) is 353 cm³/mol. The molecule has 0 aliphatic carbocycles. The largest absolute Gasteiger partial charge is 0.462 e. The van der Waals surface area contributed by atoms with E-state index in [1.807, 2.05) is 0 Å². The Labute approximate surface area is 501 Å². The highest BCUT2D eigenvalue weighted by Crippen LogP contribution is 2.16. The molecule has 0 N–H and O–H groups in total. The van der Waals surface area contributed by atoms with Crippen LogP contribution >= 0.6 is 0 Å². The number of unbranched alkanes of at least 4 members (excludes halogenated alkanes) is 33. The van der Waals surface area contributed by atoms with Gasteiger partial charge in [-0.15, -0.1) is 0 Å². The summed E-state index contributed by atoms with van der Waals surface area (Å²) >= 11 is 0. The van der Waals surface area contributed by atoms with E-state index in [1.165, 1.54) is 186 Å². The standard InChI is InChI=1S/C75H128O6/c1-4-7-10-13-16-19-22-25-28-31-34-36-37-39-41-44-47-50-53-56-59-62-65-68-74(77)80-71-72(70-79-73(76)67-64-61-58-55-52-49-46-43-40-33-30-27-24-21-18-15-12-9-6-3)81-75(78)69-66-63-60-57-54-51-48-45-42-38-35-32-29-26-23-20-17-14-11-8-5-2/h8,11,17-18,20-21,26-27,29-31,34-35,38,45,48,54,57,72H,4-7,9-10,12-16,19,22-25,28,32-33,36-37,39-44,46-47,49-53,55-56,58-71H2,1-3H3/b11-8-,20-17-,21-18-,29-26-,30-27-,34-31-,38-35-,48-45-,57-54-. The van der Waals surface area contributed by atoms with Crippen molar-refractivity contribution in [3.8, 4) is 0 Å². The first-order valence-corrected chi connectivity index (χ1v) is 34.4. The van der Waals surface area contributed by atoms with E-state index in [0.717, 1.165) is 96.3 Å². The molecule has 0 heterocycles. The number of ether oxygens (including phenoxy) is 3. The molecular weight excluding hydrogens is 997 g/mol. The van der Waals surface area contributed by atoms with Crippen LogP contribution in [0.25, 0.3) is 0 Å². The van der Waals surface area contributed by atoms with Crippen LogP contribution < -0.4 is 0 Å². The van der Waals surface area contributed by atoms with Crippen molar-refractivity contribution in [1.82, 2.24) is 0 Å². The van der Waals surface area contributed by atoms with E-state index in [9.17, 15) is 14.4 Å². The third-order valence-electron chi connectivity index (χ3n) is 14.7. The molecule has 0 aromatic heterocycles. The molecule has 0 bridgehead atoms. The maximum absolute atomic E-state index is 12.9. The van der Waals surface area contributed by atoms with Crippen LogP contribution in [-0.2, 0) is 28.6 Å². The van der Waals surface area contributed by atoms with Gasteiger partial charge in [0.2, 0.25) is 0 Å². The number of rotatable bonds is 62. The third-order valence-corrected chi connectivity index (χ3v) is 14.7. The number of carbonyl (C=O) groups excluding carboxylic acids is 3. The zero-order chi connectivity index (χ0) is 58.5. The number of allylic oxidation sites excluding steroid dienone is 18. The summed E-state index contributed by atoms with van der Waals surface area (Å²) < 4.78 is 16.9. The van der Waals surface area contributed by atoms with Crippen molar-refractivity contribution < 1.29 is 28.6 Å². The average molecular weight is 1130 g/mol. The Kier molecular flexibility index (Phi) is 65.2. The van der Waals surface area contributed by atoms with E-state index in [0.29, 0.717) is 19.3 Å². The normalized spacial score (nSPS) is 12.8. The van der Waals surface area contributed by atoms with Gasteiger partial charge in [0.25, 0.3) is 0 Å². The molecule has 0 aromatic carbocycles. The molecule has 0 saturated carbocycles. The fourth-order valence-electron chi connectivity index (χ4n) is 9.59. The summed E-state index contributed by atoms with van der Waals surface area (Å²) in [5.41, 5.74) is 0. The van der Waals surface area contributed by atoms with E-state index < -0.39 is 6.10 Å². The van der Waals surface area contributed by atoms with Gasteiger partial charge >= 0.3 is 17.9 Å². The van der Waals surface area contributed by atoms with Gasteiger partial charge in [-0.3, -0.25) is 14.4 Å². The molecule has 0 radical (unpaired) electrons. The summed E-state index contributed by atoms with van der Waals surface area (Å²) in [5.74, 6) is -0.935. The summed E-state index contributed by atoms with van der Waals surface area (Å²) in [6, 6.07) is 0. The summed E-state index contributed by atoms with van der Waals surface area (Å²) in [6.45, 7) is 6.50. The van der Waals surface area contributed by atoms with E-state index in [1.54, 1.807) is 0 Å². The van der Waals surface area contributed by atoms with E-state index in [4.69, 9.17) is 14.2 Å². The number of esters is 3. The predicted octanol–water partition coefficient (Wildman–Crippen LogP) is 23.8. The van der Waals surface area contributed by atoms with Crippen LogP contribution in [0.15, 0.2) is 109 Å². The Morgan fingerprint density at radius 2 is 0.481 bits per heavy atom. The summed E-state index contributed by atoms with van der Waals surface area (Å²) in [6.07, 6.45) is 93.9. The molecule has 0 aromatic rings. The van der Waals surface area contributed by atoms with Crippen molar-refractivity contribution in [2.24, 2.45) is 0 Å². The van der Waals surface area contributed by atoms with Gasteiger partial charge in [-0.1, -0.05) is 291 Å². The topological polar surface area (TPSA) is 78.9 Å². The van der Waals surface area contributed by atoms with Crippen molar-refractivity contribution in [2.75, 3.05) is 13.2 Å². The Hall–Kier alpha value is -3.93. The number of carbonyl (C=O) groups is 3. The molecule has 0 aliphatic rings. The van der Waals surface area contributed by atoms with Crippen molar-refractivity contribution in [1.29, 1.82) is 0 Å². The first kappa shape index (κ1) is 77.1. The maximum atomic E-state index is 12.9. The minimum absolute atomic E-state index is 0.0972. The molecule has 464 valence electrons. The van der Waals surface area contributed by atoms with Gasteiger partial charge in [0.15, 0.2) is 6.10 Å². The monoisotopic (exact) mass is 1120 g/mol. The fourth-order valence-corrected chi connectivity index (χ4v) is 9.59. The molecule has 6 nitrogen and oxygen atoms in total.